The molecule has 13 heavy (non-hydrogen) atoms. The first-order valence-electron chi connectivity index (χ1n) is 5.31. The monoisotopic (exact) mass is 181 g/mol. The highest BCUT2D eigenvalue weighted by molar-refractivity contribution is 5.18. The zero-order valence-electron chi connectivity index (χ0n) is 8.80. The van der Waals surface area contributed by atoms with Crippen molar-refractivity contribution in [2.75, 3.05) is 13.1 Å². The highest BCUT2D eigenvalue weighted by Crippen LogP contribution is 2.69. The van der Waals surface area contributed by atoms with Crippen molar-refractivity contribution < 1.29 is 5.11 Å². The quantitative estimate of drug-likeness (QED) is 0.611. The van der Waals surface area contributed by atoms with Gasteiger partial charge in [0.25, 0.3) is 0 Å². The highest BCUT2D eigenvalue weighted by Gasteiger charge is 2.70. The van der Waals surface area contributed by atoms with Crippen molar-refractivity contribution in [1.82, 2.24) is 4.90 Å². The smallest absolute Gasteiger partial charge is 0.113 e. The van der Waals surface area contributed by atoms with E-state index in [1.54, 1.807) is 0 Å². The van der Waals surface area contributed by atoms with Gasteiger partial charge in [0.1, 0.15) is 6.23 Å². The minimum atomic E-state index is -0.173. The summed E-state index contributed by atoms with van der Waals surface area (Å²) in [6.45, 7) is 9.25. The summed E-state index contributed by atoms with van der Waals surface area (Å²) in [7, 11) is 0. The van der Waals surface area contributed by atoms with E-state index in [9.17, 15) is 5.11 Å². The second-order valence-corrected chi connectivity index (χ2v) is 6.42. The first-order chi connectivity index (χ1) is 5.89. The van der Waals surface area contributed by atoms with Crippen LogP contribution in [0.25, 0.3) is 0 Å². The maximum atomic E-state index is 10.2. The van der Waals surface area contributed by atoms with Gasteiger partial charge in [-0.25, -0.2) is 0 Å². The van der Waals surface area contributed by atoms with Crippen LogP contribution in [0.4, 0.5) is 0 Å². The van der Waals surface area contributed by atoms with Crippen LogP contribution in [0.15, 0.2) is 0 Å². The second-order valence-electron chi connectivity index (χ2n) is 6.42. The number of aliphatic hydroxyl groups excluding tert-OH is 1. The number of piperidine rings is 2. The Labute approximate surface area is 79.9 Å². The third-order valence-electron chi connectivity index (χ3n) is 5.04. The molecule has 5 atom stereocenters. The van der Waals surface area contributed by atoms with E-state index in [0.29, 0.717) is 10.8 Å². The van der Waals surface area contributed by atoms with Crippen LogP contribution in [-0.4, -0.2) is 29.3 Å². The lowest BCUT2D eigenvalue weighted by Crippen LogP contribution is -2.48. The van der Waals surface area contributed by atoms with Gasteiger partial charge in [0, 0.05) is 18.5 Å². The SMILES string of the molecule is CC12CN3CC(C)(C1)C(C)(C2)C3O. The molecule has 0 aromatic carbocycles. The van der Waals surface area contributed by atoms with E-state index >= 15 is 0 Å². The fourth-order valence-electron chi connectivity index (χ4n) is 4.63. The number of aliphatic hydroxyl groups is 1. The Balaban J connectivity index is 2.14. The molecule has 0 aromatic rings. The molecule has 0 spiro atoms. The molecule has 4 rings (SSSR count). The van der Waals surface area contributed by atoms with E-state index in [2.05, 4.69) is 25.7 Å². The molecule has 1 saturated carbocycles. The van der Waals surface area contributed by atoms with Gasteiger partial charge >= 0.3 is 0 Å². The molecule has 3 saturated heterocycles. The largest absolute Gasteiger partial charge is 0.378 e. The molecule has 0 radical (unpaired) electrons. The topological polar surface area (TPSA) is 23.5 Å². The predicted molar refractivity (Wildman–Crippen MR) is 51.1 cm³/mol. The Hall–Kier alpha value is -0.0800. The van der Waals surface area contributed by atoms with E-state index < -0.39 is 0 Å². The first kappa shape index (κ1) is 8.25. The van der Waals surface area contributed by atoms with Crippen LogP contribution in [0.3, 0.4) is 0 Å². The minimum absolute atomic E-state index is 0.167. The molecule has 3 heterocycles. The van der Waals surface area contributed by atoms with Gasteiger partial charge in [0.2, 0.25) is 0 Å². The number of nitrogens with zero attached hydrogens (tertiary/aromatic N) is 1. The van der Waals surface area contributed by atoms with Crippen molar-refractivity contribution in [3.63, 3.8) is 0 Å². The summed E-state index contributed by atoms with van der Waals surface area (Å²) in [5, 5.41) is 10.2. The highest BCUT2D eigenvalue weighted by atomic mass is 16.3. The summed E-state index contributed by atoms with van der Waals surface area (Å²) in [5.41, 5.74) is 1.03. The zero-order chi connectivity index (χ0) is 9.48. The third kappa shape index (κ3) is 0.701. The summed E-state index contributed by atoms with van der Waals surface area (Å²) in [5.74, 6) is 0. The van der Waals surface area contributed by atoms with Crippen molar-refractivity contribution in [1.29, 1.82) is 0 Å². The Morgan fingerprint density at radius 3 is 2.38 bits per heavy atom. The van der Waals surface area contributed by atoms with Crippen LogP contribution in [0.1, 0.15) is 33.6 Å². The normalized spacial score (nSPS) is 69.2. The molecule has 3 aliphatic heterocycles. The van der Waals surface area contributed by atoms with Crippen LogP contribution < -0.4 is 0 Å². The van der Waals surface area contributed by atoms with Crippen LogP contribution in [0, 0.1) is 16.2 Å². The standard InChI is InChI=1S/C11H19NO/c1-9-4-10(2)7-12(6-9)8(13)11(10,3)5-9/h8,13H,4-7H2,1-3H3. The van der Waals surface area contributed by atoms with Crippen LogP contribution in [-0.2, 0) is 0 Å². The Morgan fingerprint density at radius 1 is 1.15 bits per heavy atom. The third-order valence-corrected chi connectivity index (χ3v) is 5.04. The van der Waals surface area contributed by atoms with Crippen molar-refractivity contribution in [3.05, 3.63) is 0 Å². The van der Waals surface area contributed by atoms with Gasteiger partial charge in [-0.3, -0.25) is 4.90 Å². The number of hydrogen-bond donors (Lipinski definition) is 1. The minimum Gasteiger partial charge on any atom is -0.378 e. The number of hydrogen-bond acceptors (Lipinski definition) is 2. The van der Waals surface area contributed by atoms with Crippen LogP contribution in [0.5, 0.6) is 0 Å². The van der Waals surface area contributed by atoms with E-state index in [1.165, 1.54) is 12.8 Å². The molecule has 0 amide bonds. The molecule has 1 aliphatic carbocycles. The van der Waals surface area contributed by atoms with Gasteiger partial charge in [0.15, 0.2) is 0 Å². The van der Waals surface area contributed by atoms with Gasteiger partial charge in [-0.15, -0.1) is 0 Å². The summed E-state index contributed by atoms with van der Waals surface area (Å²) in [4.78, 5) is 2.28. The van der Waals surface area contributed by atoms with Gasteiger partial charge < -0.3 is 5.11 Å². The molecule has 74 valence electrons. The predicted octanol–water partition coefficient (Wildman–Crippen LogP) is 1.45. The second kappa shape index (κ2) is 1.82. The average molecular weight is 181 g/mol. The van der Waals surface area contributed by atoms with Gasteiger partial charge in [-0.2, -0.15) is 0 Å². The molecule has 5 unspecified atom stereocenters. The first-order valence-corrected chi connectivity index (χ1v) is 5.31. The fourth-order valence-corrected chi connectivity index (χ4v) is 4.63. The lowest BCUT2D eigenvalue weighted by atomic mass is 9.70. The van der Waals surface area contributed by atoms with Gasteiger partial charge in [-0.05, 0) is 23.7 Å². The zero-order valence-corrected chi connectivity index (χ0v) is 8.80. The molecule has 4 aliphatic rings. The van der Waals surface area contributed by atoms with Crippen molar-refractivity contribution in [3.8, 4) is 0 Å². The molecule has 1 N–H and O–H groups in total. The van der Waals surface area contributed by atoms with Gasteiger partial charge in [-0.1, -0.05) is 20.8 Å². The molecule has 0 aromatic heterocycles. The van der Waals surface area contributed by atoms with E-state index in [-0.39, 0.29) is 11.6 Å². The molecule has 2 heteroatoms. The lowest BCUT2D eigenvalue weighted by Gasteiger charge is -2.42. The van der Waals surface area contributed by atoms with Crippen molar-refractivity contribution >= 4 is 0 Å². The Bertz CT molecular complexity index is 279. The summed E-state index contributed by atoms with van der Waals surface area (Å²) in [6, 6.07) is 0. The van der Waals surface area contributed by atoms with Gasteiger partial charge in [0.05, 0.1) is 0 Å². The van der Waals surface area contributed by atoms with Crippen molar-refractivity contribution in [2.45, 2.75) is 39.8 Å². The molecular formula is C11H19NO. The Morgan fingerprint density at radius 2 is 1.85 bits per heavy atom. The van der Waals surface area contributed by atoms with Crippen LogP contribution in [0.2, 0.25) is 0 Å². The molecule has 4 bridgehead atoms. The number of rotatable bonds is 0. The molecule has 4 fully saturated rings. The fraction of sp³-hybridized carbons (Fsp3) is 1.00. The van der Waals surface area contributed by atoms with Crippen LogP contribution >= 0.6 is 0 Å². The van der Waals surface area contributed by atoms with E-state index in [4.69, 9.17) is 0 Å². The van der Waals surface area contributed by atoms with Crippen molar-refractivity contribution in [2.24, 2.45) is 16.2 Å². The lowest BCUT2D eigenvalue weighted by molar-refractivity contribution is -0.0875. The Kier molecular flexibility index (Phi) is 1.16. The summed E-state index contributed by atoms with van der Waals surface area (Å²) < 4.78 is 0. The maximum Gasteiger partial charge on any atom is 0.113 e. The van der Waals surface area contributed by atoms with E-state index in [1.807, 2.05) is 0 Å². The summed E-state index contributed by atoms with van der Waals surface area (Å²) >= 11 is 0. The average Bonchev–Trinajstić information content (AvgIpc) is 2.18. The summed E-state index contributed by atoms with van der Waals surface area (Å²) in [6.07, 6.45) is 2.35. The molecule has 2 nitrogen and oxygen atoms in total. The molecular weight excluding hydrogens is 162 g/mol. The maximum absolute atomic E-state index is 10.2. The van der Waals surface area contributed by atoms with E-state index in [0.717, 1.165) is 13.1 Å².